The van der Waals surface area contributed by atoms with Crippen LogP contribution in [0.3, 0.4) is 0 Å². The maximum Gasteiger partial charge on any atom is 0.223 e. The molecule has 20 heavy (non-hydrogen) atoms. The third kappa shape index (κ3) is 3.05. The van der Waals surface area contributed by atoms with Gasteiger partial charge in [-0.2, -0.15) is 0 Å². The predicted octanol–water partition coefficient (Wildman–Crippen LogP) is 3.92. The zero-order chi connectivity index (χ0) is 13.9. The number of amides is 1. The molecule has 2 aromatic rings. The third-order valence-electron chi connectivity index (χ3n) is 3.68. The second kappa shape index (κ2) is 5.98. The van der Waals surface area contributed by atoms with Crippen LogP contribution in [-0.4, -0.2) is 17.4 Å². The first-order chi connectivity index (χ1) is 9.72. The van der Waals surface area contributed by atoms with Crippen molar-refractivity contribution in [2.75, 3.05) is 6.54 Å². The van der Waals surface area contributed by atoms with E-state index in [9.17, 15) is 4.79 Å². The molecule has 0 saturated heterocycles. The van der Waals surface area contributed by atoms with Gasteiger partial charge in [0.2, 0.25) is 5.91 Å². The Hall–Kier alpha value is -1.32. The summed E-state index contributed by atoms with van der Waals surface area (Å²) in [4.78, 5) is 15.7. The molecule has 1 aliphatic heterocycles. The molecule has 0 radical (unpaired) electrons. The first-order valence-corrected chi connectivity index (χ1v) is 8.05. The zero-order valence-electron chi connectivity index (χ0n) is 11.1. The van der Waals surface area contributed by atoms with Crippen molar-refractivity contribution in [3.8, 4) is 0 Å². The van der Waals surface area contributed by atoms with Crippen molar-refractivity contribution in [2.24, 2.45) is 0 Å². The number of thiophene rings is 1. The molecular formula is C16H16ClNOS. The van der Waals surface area contributed by atoms with Crippen LogP contribution in [0.1, 0.15) is 22.4 Å². The summed E-state index contributed by atoms with van der Waals surface area (Å²) in [6.07, 6.45) is 2.31. The average molecular weight is 306 g/mol. The molecule has 0 aliphatic carbocycles. The molecule has 104 valence electrons. The lowest BCUT2D eigenvalue weighted by atomic mass is 10.1. The molecule has 1 amide bonds. The number of nitrogens with zero attached hydrogens (tertiary/aromatic N) is 1. The van der Waals surface area contributed by atoms with Crippen LogP contribution in [0.15, 0.2) is 35.7 Å². The van der Waals surface area contributed by atoms with Crippen molar-refractivity contribution < 1.29 is 4.79 Å². The average Bonchev–Trinajstić information content (AvgIpc) is 2.92. The van der Waals surface area contributed by atoms with Crippen molar-refractivity contribution in [3.05, 3.63) is 56.7 Å². The number of halogens is 1. The lowest BCUT2D eigenvalue weighted by Crippen LogP contribution is -2.35. The molecule has 0 bridgehead atoms. The van der Waals surface area contributed by atoms with Gasteiger partial charge in [0.25, 0.3) is 0 Å². The van der Waals surface area contributed by atoms with Crippen molar-refractivity contribution >= 4 is 28.8 Å². The lowest BCUT2D eigenvalue weighted by Gasteiger charge is -2.27. The first-order valence-electron chi connectivity index (χ1n) is 6.80. The Labute approximate surface area is 128 Å². The van der Waals surface area contributed by atoms with Crippen LogP contribution >= 0.6 is 22.9 Å². The van der Waals surface area contributed by atoms with E-state index in [1.165, 1.54) is 10.4 Å². The van der Waals surface area contributed by atoms with E-state index in [2.05, 4.69) is 11.4 Å². The van der Waals surface area contributed by atoms with Crippen LogP contribution in [0.5, 0.6) is 0 Å². The van der Waals surface area contributed by atoms with E-state index in [4.69, 9.17) is 11.6 Å². The Bertz CT molecular complexity index is 622. The molecule has 4 heteroatoms. The quantitative estimate of drug-likeness (QED) is 0.841. The molecule has 0 N–H and O–H groups in total. The van der Waals surface area contributed by atoms with Crippen molar-refractivity contribution in [3.63, 3.8) is 0 Å². The number of hydrogen-bond donors (Lipinski definition) is 0. The number of rotatable bonds is 3. The van der Waals surface area contributed by atoms with E-state index in [1.807, 2.05) is 29.2 Å². The zero-order valence-corrected chi connectivity index (χ0v) is 12.7. The van der Waals surface area contributed by atoms with Gasteiger partial charge in [-0.15, -0.1) is 11.3 Å². The van der Waals surface area contributed by atoms with Gasteiger partial charge in [0.05, 0.1) is 0 Å². The van der Waals surface area contributed by atoms with Gasteiger partial charge in [0.15, 0.2) is 0 Å². The highest BCUT2D eigenvalue weighted by Crippen LogP contribution is 2.24. The second-order valence-corrected chi connectivity index (χ2v) is 6.50. The standard InChI is InChI=1S/C16H16ClNOS/c17-14-3-1-2-12(10-14)4-5-16(19)18-8-6-15-13(11-18)7-9-20-15/h1-3,7,9-10H,4-6,8,11H2. The monoisotopic (exact) mass is 305 g/mol. The summed E-state index contributed by atoms with van der Waals surface area (Å²) in [6.45, 7) is 1.62. The lowest BCUT2D eigenvalue weighted by molar-refractivity contribution is -0.132. The molecule has 0 spiro atoms. The van der Waals surface area contributed by atoms with Crippen LogP contribution in [0.25, 0.3) is 0 Å². The Morgan fingerprint density at radius 1 is 1.35 bits per heavy atom. The summed E-state index contributed by atoms with van der Waals surface area (Å²) in [6, 6.07) is 9.88. The van der Waals surface area contributed by atoms with Gasteiger partial charge in [0.1, 0.15) is 0 Å². The fourth-order valence-electron chi connectivity index (χ4n) is 2.56. The minimum absolute atomic E-state index is 0.238. The van der Waals surface area contributed by atoms with E-state index in [-0.39, 0.29) is 5.91 Å². The summed E-state index contributed by atoms with van der Waals surface area (Å²) in [7, 11) is 0. The van der Waals surface area contributed by atoms with Crippen LogP contribution < -0.4 is 0 Å². The maximum atomic E-state index is 12.3. The van der Waals surface area contributed by atoms with Gasteiger partial charge in [-0.1, -0.05) is 23.7 Å². The SMILES string of the molecule is O=C(CCc1cccc(Cl)c1)N1CCc2sccc2C1. The Kier molecular flexibility index (Phi) is 4.08. The second-order valence-electron chi connectivity index (χ2n) is 5.06. The number of aryl methyl sites for hydroxylation is 1. The number of fused-ring (bicyclic) bond motifs is 1. The van der Waals surface area contributed by atoms with Gasteiger partial charge >= 0.3 is 0 Å². The van der Waals surface area contributed by atoms with Gasteiger partial charge in [-0.3, -0.25) is 4.79 Å². The van der Waals surface area contributed by atoms with E-state index < -0.39 is 0 Å². The third-order valence-corrected chi connectivity index (χ3v) is 4.94. The van der Waals surface area contributed by atoms with E-state index in [0.29, 0.717) is 6.42 Å². The summed E-state index contributed by atoms with van der Waals surface area (Å²) in [5, 5.41) is 2.85. The van der Waals surface area contributed by atoms with Gasteiger partial charge in [0, 0.05) is 29.4 Å². The molecule has 2 nitrogen and oxygen atoms in total. The highest BCUT2D eigenvalue weighted by molar-refractivity contribution is 7.10. The van der Waals surface area contributed by atoms with Crippen LogP contribution in [0, 0.1) is 0 Å². The summed E-state index contributed by atoms with van der Waals surface area (Å²) in [5.41, 5.74) is 2.44. The Morgan fingerprint density at radius 2 is 2.25 bits per heavy atom. The fourth-order valence-corrected chi connectivity index (χ4v) is 3.67. The summed E-state index contributed by atoms with van der Waals surface area (Å²) >= 11 is 7.76. The number of hydrogen-bond acceptors (Lipinski definition) is 2. The minimum atomic E-state index is 0.238. The predicted molar refractivity (Wildman–Crippen MR) is 83.2 cm³/mol. The number of carbonyl (C=O) groups excluding carboxylic acids is 1. The van der Waals surface area contributed by atoms with Crippen LogP contribution in [0.2, 0.25) is 5.02 Å². The van der Waals surface area contributed by atoms with Gasteiger partial charge in [-0.05, 0) is 47.5 Å². The van der Waals surface area contributed by atoms with E-state index in [1.54, 1.807) is 11.3 Å². The summed E-state index contributed by atoms with van der Waals surface area (Å²) < 4.78 is 0. The Morgan fingerprint density at radius 3 is 3.10 bits per heavy atom. The van der Waals surface area contributed by atoms with Crippen LogP contribution in [0.4, 0.5) is 0 Å². The molecule has 0 saturated carbocycles. The van der Waals surface area contributed by atoms with Gasteiger partial charge in [-0.25, -0.2) is 0 Å². The summed E-state index contributed by atoms with van der Waals surface area (Å²) in [5.74, 6) is 0.238. The molecule has 0 atom stereocenters. The molecular weight excluding hydrogens is 290 g/mol. The van der Waals surface area contributed by atoms with Crippen molar-refractivity contribution in [1.29, 1.82) is 0 Å². The first kappa shape index (κ1) is 13.7. The van der Waals surface area contributed by atoms with Crippen LogP contribution in [-0.2, 0) is 24.2 Å². The molecule has 3 rings (SSSR count). The van der Waals surface area contributed by atoms with E-state index >= 15 is 0 Å². The van der Waals surface area contributed by atoms with Gasteiger partial charge < -0.3 is 4.90 Å². The van der Waals surface area contributed by atoms with Crippen molar-refractivity contribution in [2.45, 2.75) is 25.8 Å². The molecule has 1 aliphatic rings. The largest absolute Gasteiger partial charge is 0.338 e. The Balaban J connectivity index is 1.58. The minimum Gasteiger partial charge on any atom is -0.338 e. The fraction of sp³-hybridized carbons (Fsp3) is 0.312. The van der Waals surface area contributed by atoms with Crippen molar-refractivity contribution in [1.82, 2.24) is 4.90 Å². The highest BCUT2D eigenvalue weighted by Gasteiger charge is 2.20. The smallest absolute Gasteiger partial charge is 0.223 e. The van der Waals surface area contributed by atoms with E-state index in [0.717, 1.165) is 36.5 Å². The highest BCUT2D eigenvalue weighted by atomic mass is 35.5. The normalized spacial score (nSPS) is 14.2. The molecule has 1 aromatic carbocycles. The number of carbonyl (C=O) groups is 1. The molecule has 0 unspecified atom stereocenters. The number of benzene rings is 1. The maximum absolute atomic E-state index is 12.3. The molecule has 2 heterocycles. The molecule has 0 fully saturated rings. The topological polar surface area (TPSA) is 20.3 Å². The molecule has 1 aromatic heterocycles.